The van der Waals surface area contributed by atoms with Crippen LogP contribution in [0.1, 0.15) is 26.2 Å². The Kier molecular flexibility index (Phi) is 4.29. The van der Waals surface area contributed by atoms with Crippen molar-refractivity contribution in [1.29, 1.82) is 0 Å². The molecule has 0 aliphatic heterocycles. The lowest BCUT2D eigenvalue weighted by Crippen LogP contribution is -2.00. The van der Waals surface area contributed by atoms with Crippen molar-refractivity contribution in [3.05, 3.63) is 42.7 Å². The summed E-state index contributed by atoms with van der Waals surface area (Å²) in [7, 11) is 0. The van der Waals surface area contributed by atoms with Crippen LogP contribution in [-0.4, -0.2) is 15.3 Å². The Bertz CT molecular complexity index is 502. The Morgan fingerprint density at radius 1 is 1.22 bits per heavy atom. The largest absolute Gasteiger partial charge is 0.331 e. The van der Waals surface area contributed by atoms with Gasteiger partial charge in [0.15, 0.2) is 0 Å². The monoisotopic (exact) mass is 242 g/mol. The average molecular weight is 242 g/mol. The molecule has 0 unspecified atom stereocenters. The maximum Gasteiger partial charge on any atom is 0.139 e. The van der Waals surface area contributed by atoms with Crippen LogP contribution < -0.4 is 0 Å². The van der Waals surface area contributed by atoms with Crippen LogP contribution >= 0.6 is 0 Å². The van der Waals surface area contributed by atoms with E-state index in [4.69, 9.17) is 0 Å². The summed E-state index contributed by atoms with van der Waals surface area (Å²) in [5.74, 6) is 1.27. The number of imidazole rings is 1. The molecule has 0 bridgehead atoms. The van der Waals surface area contributed by atoms with E-state index in [2.05, 4.69) is 21.7 Å². The lowest BCUT2D eigenvalue weighted by atomic mass is 10.2. The van der Waals surface area contributed by atoms with Gasteiger partial charge in [-0.1, -0.05) is 30.3 Å². The number of carbonyl (C=O) groups is 1. The minimum Gasteiger partial charge on any atom is -0.331 e. The molecule has 94 valence electrons. The fourth-order valence-corrected chi connectivity index (χ4v) is 1.99. The molecule has 2 aromatic rings. The highest BCUT2D eigenvalue weighted by molar-refractivity contribution is 5.75. The Morgan fingerprint density at radius 2 is 2.00 bits per heavy atom. The quantitative estimate of drug-likeness (QED) is 0.728. The molecule has 1 aromatic carbocycles. The van der Waals surface area contributed by atoms with E-state index in [0.29, 0.717) is 6.42 Å². The number of nitrogens with zero attached hydrogens (tertiary/aromatic N) is 2. The number of ketones is 1. The molecule has 1 aromatic heterocycles. The molecule has 3 heteroatoms. The minimum absolute atomic E-state index is 0.268. The first-order valence-corrected chi connectivity index (χ1v) is 6.33. The molecular formula is C15H18N2O. The number of carbonyl (C=O) groups excluding carboxylic acids is 1. The first-order chi connectivity index (χ1) is 8.77. The molecule has 0 saturated carbocycles. The molecule has 1 heterocycles. The number of unbranched alkanes of at least 4 members (excludes halogenated alkanes) is 1. The Labute approximate surface area is 107 Å². The van der Waals surface area contributed by atoms with E-state index >= 15 is 0 Å². The standard InChI is InChI=1S/C15H18N2O/c1-13(18)7-5-6-11-17-12-10-16-15(17)14-8-3-2-4-9-14/h2-4,8-10,12H,5-7,11H2,1H3. The highest BCUT2D eigenvalue weighted by Crippen LogP contribution is 2.17. The van der Waals surface area contributed by atoms with Crippen molar-refractivity contribution in [2.75, 3.05) is 0 Å². The molecular weight excluding hydrogens is 224 g/mol. The Morgan fingerprint density at radius 3 is 2.72 bits per heavy atom. The van der Waals surface area contributed by atoms with Crippen molar-refractivity contribution in [1.82, 2.24) is 9.55 Å². The van der Waals surface area contributed by atoms with Crippen molar-refractivity contribution in [2.45, 2.75) is 32.7 Å². The van der Waals surface area contributed by atoms with Gasteiger partial charge in [0.1, 0.15) is 11.6 Å². The molecule has 0 aliphatic carbocycles. The zero-order valence-corrected chi connectivity index (χ0v) is 10.7. The van der Waals surface area contributed by atoms with Crippen LogP contribution in [0.2, 0.25) is 0 Å². The lowest BCUT2D eigenvalue weighted by molar-refractivity contribution is -0.117. The van der Waals surface area contributed by atoms with Crippen molar-refractivity contribution in [2.24, 2.45) is 0 Å². The molecule has 0 amide bonds. The van der Waals surface area contributed by atoms with Crippen LogP contribution in [0.15, 0.2) is 42.7 Å². The van der Waals surface area contributed by atoms with E-state index in [1.807, 2.05) is 30.6 Å². The van der Waals surface area contributed by atoms with Gasteiger partial charge in [-0.05, 0) is 19.8 Å². The average Bonchev–Trinajstić information content (AvgIpc) is 2.84. The predicted octanol–water partition coefficient (Wildman–Crippen LogP) is 3.31. The van der Waals surface area contributed by atoms with Gasteiger partial charge < -0.3 is 9.36 Å². The molecule has 0 atom stereocenters. The molecule has 0 fully saturated rings. The summed E-state index contributed by atoms with van der Waals surface area (Å²) in [5, 5.41) is 0. The normalized spacial score (nSPS) is 10.5. The number of Topliss-reactive ketones (excluding diaryl/α,β-unsaturated/α-hetero) is 1. The first kappa shape index (κ1) is 12.6. The fraction of sp³-hybridized carbons (Fsp3) is 0.333. The van der Waals surface area contributed by atoms with E-state index in [-0.39, 0.29) is 5.78 Å². The van der Waals surface area contributed by atoms with Crippen molar-refractivity contribution in [3.63, 3.8) is 0 Å². The van der Waals surface area contributed by atoms with Gasteiger partial charge in [0, 0.05) is 30.9 Å². The molecule has 0 radical (unpaired) electrons. The van der Waals surface area contributed by atoms with Gasteiger partial charge in [-0.25, -0.2) is 4.98 Å². The zero-order valence-electron chi connectivity index (χ0n) is 10.7. The zero-order chi connectivity index (χ0) is 12.8. The van der Waals surface area contributed by atoms with Gasteiger partial charge in [0.05, 0.1) is 0 Å². The summed E-state index contributed by atoms with van der Waals surface area (Å²) in [6, 6.07) is 10.2. The number of hydrogen-bond donors (Lipinski definition) is 0. The third-order valence-electron chi connectivity index (χ3n) is 2.93. The number of aromatic nitrogens is 2. The molecule has 0 aliphatic rings. The van der Waals surface area contributed by atoms with Gasteiger partial charge in [0.25, 0.3) is 0 Å². The molecule has 2 rings (SSSR count). The SMILES string of the molecule is CC(=O)CCCCn1ccnc1-c1ccccc1. The Balaban J connectivity index is 1.98. The van der Waals surface area contributed by atoms with Crippen LogP contribution in [0.3, 0.4) is 0 Å². The van der Waals surface area contributed by atoms with E-state index in [1.165, 1.54) is 0 Å². The summed E-state index contributed by atoms with van der Waals surface area (Å²) in [6.45, 7) is 2.56. The smallest absolute Gasteiger partial charge is 0.139 e. The second-order valence-electron chi connectivity index (χ2n) is 4.47. The van der Waals surface area contributed by atoms with Gasteiger partial charge in [0.2, 0.25) is 0 Å². The number of rotatable bonds is 6. The summed E-state index contributed by atoms with van der Waals surface area (Å²) < 4.78 is 2.15. The van der Waals surface area contributed by atoms with Crippen LogP contribution in [0.25, 0.3) is 11.4 Å². The lowest BCUT2D eigenvalue weighted by Gasteiger charge is -2.07. The van der Waals surface area contributed by atoms with Crippen LogP contribution in [0.5, 0.6) is 0 Å². The number of hydrogen-bond acceptors (Lipinski definition) is 2. The van der Waals surface area contributed by atoms with Crippen LogP contribution in [0.4, 0.5) is 0 Å². The second-order valence-corrected chi connectivity index (χ2v) is 4.47. The molecule has 18 heavy (non-hydrogen) atoms. The molecule has 0 saturated heterocycles. The molecule has 3 nitrogen and oxygen atoms in total. The maximum absolute atomic E-state index is 10.9. The highest BCUT2D eigenvalue weighted by atomic mass is 16.1. The summed E-state index contributed by atoms with van der Waals surface area (Å²) >= 11 is 0. The highest BCUT2D eigenvalue weighted by Gasteiger charge is 2.04. The molecule has 0 N–H and O–H groups in total. The van der Waals surface area contributed by atoms with E-state index < -0.39 is 0 Å². The predicted molar refractivity (Wildman–Crippen MR) is 72.2 cm³/mol. The second kappa shape index (κ2) is 6.15. The van der Waals surface area contributed by atoms with Crippen LogP contribution in [-0.2, 0) is 11.3 Å². The van der Waals surface area contributed by atoms with E-state index in [1.54, 1.807) is 6.92 Å². The third-order valence-corrected chi connectivity index (χ3v) is 2.93. The third kappa shape index (κ3) is 3.29. The van der Waals surface area contributed by atoms with Gasteiger partial charge >= 0.3 is 0 Å². The summed E-state index contributed by atoms with van der Waals surface area (Å²) in [6.07, 6.45) is 6.45. The van der Waals surface area contributed by atoms with E-state index in [0.717, 1.165) is 30.8 Å². The van der Waals surface area contributed by atoms with Crippen molar-refractivity contribution < 1.29 is 4.79 Å². The maximum atomic E-state index is 10.9. The molecule has 0 spiro atoms. The van der Waals surface area contributed by atoms with Crippen LogP contribution in [0, 0.1) is 0 Å². The van der Waals surface area contributed by atoms with Crippen molar-refractivity contribution in [3.8, 4) is 11.4 Å². The topological polar surface area (TPSA) is 34.9 Å². The number of aryl methyl sites for hydroxylation is 1. The first-order valence-electron chi connectivity index (χ1n) is 6.33. The van der Waals surface area contributed by atoms with E-state index in [9.17, 15) is 4.79 Å². The summed E-state index contributed by atoms with van der Waals surface area (Å²) in [5.41, 5.74) is 1.13. The van der Waals surface area contributed by atoms with Gasteiger partial charge in [-0.2, -0.15) is 0 Å². The van der Waals surface area contributed by atoms with Gasteiger partial charge in [-0.3, -0.25) is 0 Å². The number of benzene rings is 1. The summed E-state index contributed by atoms with van der Waals surface area (Å²) in [4.78, 5) is 15.3. The van der Waals surface area contributed by atoms with Crippen molar-refractivity contribution >= 4 is 5.78 Å². The Hall–Kier alpha value is -1.90. The van der Waals surface area contributed by atoms with Gasteiger partial charge in [-0.15, -0.1) is 0 Å². The minimum atomic E-state index is 0.268. The fourth-order valence-electron chi connectivity index (χ4n) is 1.99.